The Morgan fingerprint density at radius 2 is 1.79 bits per heavy atom. The molecule has 0 saturated heterocycles. The van der Waals surface area contributed by atoms with Crippen LogP contribution in [0.2, 0.25) is 0 Å². The molecule has 0 bridgehead atoms. The molecule has 0 radical (unpaired) electrons. The van der Waals surface area contributed by atoms with Crippen LogP contribution >= 0.6 is 0 Å². The molecule has 0 fully saturated rings. The van der Waals surface area contributed by atoms with Gasteiger partial charge in [-0.1, -0.05) is 64.3 Å². The Labute approximate surface area is 226 Å². The first-order valence-electron chi connectivity index (χ1n) is 13.2. The number of urea groups is 1. The molecule has 0 aliphatic rings. The van der Waals surface area contributed by atoms with Crippen LogP contribution in [0.25, 0.3) is 5.69 Å². The van der Waals surface area contributed by atoms with E-state index < -0.39 is 0 Å². The van der Waals surface area contributed by atoms with Gasteiger partial charge < -0.3 is 20.3 Å². The summed E-state index contributed by atoms with van der Waals surface area (Å²) in [6.45, 7) is 12.8. The van der Waals surface area contributed by atoms with Crippen molar-refractivity contribution >= 4 is 23.4 Å². The number of unbranched alkanes of at least 4 members (excludes halogenated alkanes) is 2. The van der Waals surface area contributed by atoms with E-state index in [1.807, 2.05) is 44.2 Å². The first-order valence-corrected chi connectivity index (χ1v) is 13.2. The number of hydrogen-bond acceptors (Lipinski definition) is 4. The molecule has 0 aliphatic carbocycles. The maximum Gasteiger partial charge on any atom is 0.322 e. The highest BCUT2D eigenvalue weighted by atomic mass is 16.5. The predicted molar refractivity (Wildman–Crippen MR) is 153 cm³/mol. The summed E-state index contributed by atoms with van der Waals surface area (Å²) in [5.41, 5.74) is 4.39. The van der Waals surface area contributed by atoms with E-state index in [2.05, 4.69) is 44.4 Å². The number of carbonyl (C=O) groups is 2. The molecule has 0 saturated carbocycles. The molecule has 3 rings (SSSR count). The van der Waals surface area contributed by atoms with Gasteiger partial charge in [0.05, 0.1) is 18.5 Å². The van der Waals surface area contributed by atoms with E-state index in [0.717, 1.165) is 41.8 Å². The fourth-order valence-corrected chi connectivity index (χ4v) is 4.13. The molecular formula is C30H41N5O3. The molecule has 3 aromatic rings. The number of carbonyl (C=O) groups excluding carboxylic acids is 2. The zero-order valence-electron chi connectivity index (χ0n) is 23.7. The molecule has 1 heterocycles. The quantitative estimate of drug-likeness (QED) is 0.301. The second-order valence-electron chi connectivity index (χ2n) is 10.7. The van der Waals surface area contributed by atoms with Crippen molar-refractivity contribution in [2.75, 3.05) is 30.8 Å². The van der Waals surface area contributed by atoms with Gasteiger partial charge in [-0.2, -0.15) is 5.10 Å². The average molecular weight is 520 g/mol. The lowest BCUT2D eigenvalue weighted by Crippen LogP contribution is -2.41. The van der Waals surface area contributed by atoms with Gasteiger partial charge in [-0.3, -0.25) is 4.79 Å². The van der Waals surface area contributed by atoms with Gasteiger partial charge in [0.2, 0.25) is 5.91 Å². The predicted octanol–water partition coefficient (Wildman–Crippen LogP) is 6.46. The number of amides is 3. The Morgan fingerprint density at radius 1 is 1.03 bits per heavy atom. The van der Waals surface area contributed by atoms with Crippen LogP contribution in [-0.4, -0.2) is 46.8 Å². The molecule has 2 aromatic carbocycles. The first kappa shape index (κ1) is 28.8. The standard InChI is InChI=1S/C30H41N5O3/c1-8-9-10-16-34(29(37)31-23-12-11-13-24(18-23)38-7)20-28(36)32-27-19-26(30(4,5)6)33-35(27)25-15-14-21(2)17-22(25)3/h11-15,17-19H,8-10,16,20H2,1-7H3,(H,31,37)(H,32,36). The van der Waals surface area contributed by atoms with Crippen molar-refractivity contribution in [2.24, 2.45) is 0 Å². The van der Waals surface area contributed by atoms with Gasteiger partial charge in [-0.15, -0.1) is 0 Å². The number of aromatic nitrogens is 2. The lowest BCUT2D eigenvalue weighted by Gasteiger charge is -2.23. The topological polar surface area (TPSA) is 88.5 Å². The van der Waals surface area contributed by atoms with E-state index in [-0.39, 0.29) is 23.9 Å². The van der Waals surface area contributed by atoms with Crippen molar-refractivity contribution in [2.45, 2.75) is 66.2 Å². The normalized spacial score (nSPS) is 11.2. The van der Waals surface area contributed by atoms with E-state index in [1.54, 1.807) is 28.8 Å². The maximum atomic E-state index is 13.3. The molecular weight excluding hydrogens is 478 g/mol. The fraction of sp³-hybridized carbons (Fsp3) is 0.433. The third kappa shape index (κ3) is 7.60. The molecule has 8 nitrogen and oxygen atoms in total. The average Bonchev–Trinajstić information content (AvgIpc) is 3.27. The lowest BCUT2D eigenvalue weighted by atomic mass is 9.92. The summed E-state index contributed by atoms with van der Waals surface area (Å²) in [4.78, 5) is 28.0. The Kier molecular flexibility index (Phi) is 9.55. The van der Waals surface area contributed by atoms with Gasteiger partial charge in [0.25, 0.3) is 0 Å². The second-order valence-corrected chi connectivity index (χ2v) is 10.7. The number of ether oxygens (including phenoxy) is 1. The first-order chi connectivity index (χ1) is 18.0. The van der Waals surface area contributed by atoms with E-state index >= 15 is 0 Å². The van der Waals surface area contributed by atoms with Crippen LogP contribution in [0, 0.1) is 13.8 Å². The number of nitrogens with zero attached hydrogens (tertiary/aromatic N) is 3. The van der Waals surface area contributed by atoms with Gasteiger partial charge in [0.15, 0.2) is 0 Å². The van der Waals surface area contributed by atoms with Gasteiger partial charge in [0, 0.05) is 29.8 Å². The molecule has 2 N–H and O–H groups in total. The fourth-order valence-electron chi connectivity index (χ4n) is 4.13. The summed E-state index contributed by atoms with van der Waals surface area (Å²) >= 11 is 0. The Morgan fingerprint density at radius 3 is 2.45 bits per heavy atom. The van der Waals surface area contributed by atoms with Crippen molar-refractivity contribution < 1.29 is 14.3 Å². The van der Waals surface area contributed by atoms with E-state index in [9.17, 15) is 9.59 Å². The third-order valence-electron chi connectivity index (χ3n) is 6.30. The van der Waals surface area contributed by atoms with Crippen LogP contribution in [0.5, 0.6) is 5.75 Å². The summed E-state index contributed by atoms with van der Waals surface area (Å²) < 4.78 is 7.04. The molecule has 3 amide bonds. The minimum absolute atomic E-state index is 0.0809. The van der Waals surface area contributed by atoms with Crippen molar-refractivity contribution in [3.8, 4) is 11.4 Å². The van der Waals surface area contributed by atoms with Crippen LogP contribution in [0.15, 0.2) is 48.5 Å². The summed E-state index contributed by atoms with van der Waals surface area (Å²) in [7, 11) is 1.58. The summed E-state index contributed by atoms with van der Waals surface area (Å²) in [5.74, 6) is 0.939. The van der Waals surface area contributed by atoms with Gasteiger partial charge >= 0.3 is 6.03 Å². The Bertz CT molecular complexity index is 1260. The number of anilines is 2. The van der Waals surface area contributed by atoms with E-state index in [4.69, 9.17) is 9.84 Å². The van der Waals surface area contributed by atoms with Crippen molar-refractivity contribution in [3.05, 3.63) is 65.4 Å². The second kappa shape index (κ2) is 12.6. The highest BCUT2D eigenvalue weighted by Crippen LogP contribution is 2.28. The SMILES string of the molecule is CCCCCN(CC(=O)Nc1cc(C(C)(C)C)nn1-c1ccc(C)cc1C)C(=O)Nc1cccc(OC)c1. The Balaban J connectivity index is 1.83. The van der Waals surface area contributed by atoms with E-state index in [0.29, 0.717) is 23.8 Å². The van der Waals surface area contributed by atoms with Gasteiger partial charge in [0.1, 0.15) is 18.1 Å². The van der Waals surface area contributed by atoms with Crippen molar-refractivity contribution in [1.82, 2.24) is 14.7 Å². The minimum Gasteiger partial charge on any atom is -0.497 e. The molecule has 0 atom stereocenters. The Hall–Kier alpha value is -3.81. The number of aryl methyl sites for hydroxylation is 2. The molecule has 0 spiro atoms. The smallest absolute Gasteiger partial charge is 0.322 e. The zero-order chi connectivity index (χ0) is 27.9. The molecule has 1 aromatic heterocycles. The van der Waals surface area contributed by atoms with Crippen molar-refractivity contribution in [1.29, 1.82) is 0 Å². The summed E-state index contributed by atoms with van der Waals surface area (Å²) in [5, 5.41) is 10.8. The highest BCUT2D eigenvalue weighted by Gasteiger charge is 2.23. The van der Waals surface area contributed by atoms with Crippen LogP contribution in [0.4, 0.5) is 16.3 Å². The number of benzene rings is 2. The van der Waals surface area contributed by atoms with Crippen LogP contribution < -0.4 is 15.4 Å². The number of nitrogens with one attached hydrogen (secondary N) is 2. The van der Waals surface area contributed by atoms with Crippen LogP contribution in [-0.2, 0) is 10.2 Å². The molecule has 8 heteroatoms. The number of methoxy groups -OCH3 is 1. The molecule has 204 valence electrons. The monoisotopic (exact) mass is 519 g/mol. The minimum atomic E-state index is -0.331. The molecule has 38 heavy (non-hydrogen) atoms. The van der Waals surface area contributed by atoms with Gasteiger partial charge in [-0.05, 0) is 44.0 Å². The third-order valence-corrected chi connectivity index (χ3v) is 6.30. The summed E-state index contributed by atoms with van der Waals surface area (Å²) in [6.07, 6.45) is 2.80. The number of hydrogen-bond donors (Lipinski definition) is 2. The largest absolute Gasteiger partial charge is 0.497 e. The van der Waals surface area contributed by atoms with Crippen LogP contribution in [0.3, 0.4) is 0 Å². The van der Waals surface area contributed by atoms with E-state index in [1.165, 1.54) is 0 Å². The maximum absolute atomic E-state index is 13.3. The molecule has 0 unspecified atom stereocenters. The lowest BCUT2D eigenvalue weighted by molar-refractivity contribution is -0.116. The summed E-state index contributed by atoms with van der Waals surface area (Å²) in [6, 6.07) is 14.9. The van der Waals surface area contributed by atoms with Crippen molar-refractivity contribution in [3.63, 3.8) is 0 Å². The van der Waals surface area contributed by atoms with Crippen LogP contribution in [0.1, 0.15) is 63.8 Å². The highest BCUT2D eigenvalue weighted by molar-refractivity contribution is 5.97. The van der Waals surface area contributed by atoms with Gasteiger partial charge in [-0.25, -0.2) is 9.48 Å². The molecule has 0 aliphatic heterocycles. The number of rotatable bonds is 10. The zero-order valence-corrected chi connectivity index (χ0v) is 23.7.